The van der Waals surface area contributed by atoms with Crippen LogP contribution in [0.4, 0.5) is 0 Å². The zero-order valence-corrected chi connectivity index (χ0v) is 13.7. The Morgan fingerprint density at radius 1 is 1.27 bits per heavy atom. The van der Waals surface area contributed by atoms with Crippen LogP contribution in [0.15, 0.2) is 30.3 Å². The Bertz CT molecular complexity index is 440. The molecule has 1 aromatic rings. The fraction of sp³-hybridized carbons (Fsp3) is 0.500. The Morgan fingerprint density at radius 2 is 1.95 bits per heavy atom. The number of halogens is 1. The molecule has 124 valence electrons. The van der Waals surface area contributed by atoms with E-state index in [1.165, 1.54) is 0 Å². The van der Waals surface area contributed by atoms with E-state index in [4.69, 9.17) is 10.5 Å². The van der Waals surface area contributed by atoms with Crippen molar-refractivity contribution in [2.45, 2.75) is 26.2 Å². The molecule has 22 heavy (non-hydrogen) atoms. The van der Waals surface area contributed by atoms with E-state index in [9.17, 15) is 9.59 Å². The average Bonchev–Trinajstić information content (AvgIpc) is 2.50. The number of nitrogens with two attached hydrogens (primary N) is 1. The van der Waals surface area contributed by atoms with Gasteiger partial charge in [-0.05, 0) is 31.9 Å². The molecule has 0 saturated carbocycles. The van der Waals surface area contributed by atoms with Gasteiger partial charge in [0.25, 0.3) is 0 Å². The van der Waals surface area contributed by atoms with E-state index in [2.05, 4.69) is 5.32 Å². The number of esters is 1. The summed E-state index contributed by atoms with van der Waals surface area (Å²) < 4.78 is 5.08. The highest BCUT2D eigenvalue weighted by molar-refractivity contribution is 5.85. The van der Waals surface area contributed by atoms with Gasteiger partial charge in [0.2, 0.25) is 5.91 Å². The Labute approximate surface area is 138 Å². The number of ether oxygens (including phenoxy) is 1. The van der Waals surface area contributed by atoms with E-state index >= 15 is 0 Å². The molecule has 5 nitrogen and oxygen atoms in total. The van der Waals surface area contributed by atoms with Crippen LogP contribution < -0.4 is 11.1 Å². The summed E-state index contributed by atoms with van der Waals surface area (Å²) in [6.07, 6.45) is 1.59. The Kier molecular flexibility index (Phi) is 11.1. The number of carbonyl (C=O) groups is 2. The standard InChI is InChI=1S/C16H24N2O3.ClH/c1-2-21-16(20)14(11-13-7-4-3-5-8-13)12-18-15(19)9-6-10-17;/h3-5,7-8,14H,2,6,9-12,17H2,1H3,(H,18,19);1H. The van der Waals surface area contributed by atoms with Gasteiger partial charge in [-0.3, -0.25) is 9.59 Å². The van der Waals surface area contributed by atoms with Crippen molar-refractivity contribution in [3.63, 3.8) is 0 Å². The first-order valence-corrected chi connectivity index (χ1v) is 7.34. The summed E-state index contributed by atoms with van der Waals surface area (Å²) in [6.45, 7) is 2.89. The van der Waals surface area contributed by atoms with Gasteiger partial charge in [-0.2, -0.15) is 0 Å². The number of rotatable bonds is 9. The molecular weight excluding hydrogens is 304 g/mol. The number of carbonyl (C=O) groups excluding carboxylic acids is 2. The van der Waals surface area contributed by atoms with Crippen molar-refractivity contribution in [1.29, 1.82) is 0 Å². The topological polar surface area (TPSA) is 81.4 Å². The van der Waals surface area contributed by atoms with Gasteiger partial charge in [0, 0.05) is 13.0 Å². The molecular formula is C16H25ClN2O3. The SMILES string of the molecule is CCOC(=O)C(CNC(=O)CCCN)Cc1ccccc1.Cl. The van der Waals surface area contributed by atoms with Crippen molar-refractivity contribution in [2.75, 3.05) is 19.7 Å². The third-order valence-electron chi connectivity index (χ3n) is 3.10. The fourth-order valence-electron chi connectivity index (χ4n) is 1.99. The van der Waals surface area contributed by atoms with Crippen molar-refractivity contribution in [3.8, 4) is 0 Å². The van der Waals surface area contributed by atoms with Gasteiger partial charge in [-0.15, -0.1) is 12.4 Å². The van der Waals surface area contributed by atoms with Crippen molar-refractivity contribution in [3.05, 3.63) is 35.9 Å². The van der Waals surface area contributed by atoms with E-state index in [0.29, 0.717) is 32.4 Å². The lowest BCUT2D eigenvalue weighted by molar-refractivity contribution is -0.147. The lowest BCUT2D eigenvalue weighted by Crippen LogP contribution is -2.35. The molecule has 1 aromatic carbocycles. The van der Waals surface area contributed by atoms with Gasteiger partial charge in [0.1, 0.15) is 0 Å². The van der Waals surface area contributed by atoms with Crippen LogP contribution in [0.2, 0.25) is 0 Å². The molecule has 6 heteroatoms. The lowest BCUT2D eigenvalue weighted by Gasteiger charge is -2.16. The molecule has 0 aliphatic heterocycles. The Morgan fingerprint density at radius 3 is 2.55 bits per heavy atom. The Balaban J connectivity index is 0.00000441. The smallest absolute Gasteiger partial charge is 0.311 e. The lowest BCUT2D eigenvalue weighted by atomic mass is 9.99. The predicted molar refractivity (Wildman–Crippen MR) is 88.8 cm³/mol. The first-order valence-electron chi connectivity index (χ1n) is 7.34. The first-order chi connectivity index (χ1) is 10.2. The molecule has 0 radical (unpaired) electrons. The van der Waals surface area contributed by atoms with Crippen molar-refractivity contribution in [2.24, 2.45) is 11.7 Å². The molecule has 1 rings (SSSR count). The van der Waals surface area contributed by atoms with E-state index in [1.807, 2.05) is 30.3 Å². The number of benzene rings is 1. The number of hydrogen-bond acceptors (Lipinski definition) is 4. The van der Waals surface area contributed by atoms with Gasteiger partial charge >= 0.3 is 5.97 Å². The molecule has 0 bridgehead atoms. The highest BCUT2D eigenvalue weighted by Gasteiger charge is 2.21. The third kappa shape index (κ3) is 8.00. The second kappa shape index (κ2) is 12.0. The van der Waals surface area contributed by atoms with E-state index in [-0.39, 0.29) is 36.7 Å². The van der Waals surface area contributed by atoms with Gasteiger partial charge in [0.15, 0.2) is 0 Å². The minimum atomic E-state index is -0.367. The monoisotopic (exact) mass is 328 g/mol. The molecule has 0 aromatic heterocycles. The Hall–Kier alpha value is -1.59. The van der Waals surface area contributed by atoms with Gasteiger partial charge in [-0.1, -0.05) is 30.3 Å². The minimum absolute atomic E-state index is 0. The van der Waals surface area contributed by atoms with Gasteiger partial charge in [0.05, 0.1) is 12.5 Å². The van der Waals surface area contributed by atoms with Crippen LogP contribution in [-0.4, -0.2) is 31.6 Å². The second-order valence-corrected chi connectivity index (χ2v) is 4.84. The fourth-order valence-corrected chi connectivity index (χ4v) is 1.99. The molecule has 3 N–H and O–H groups in total. The number of amides is 1. The molecule has 1 amide bonds. The quantitative estimate of drug-likeness (QED) is 0.676. The minimum Gasteiger partial charge on any atom is -0.466 e. The van der Waals surface area contributed by atoms with Crippen molar-refractivity contribution >= 4 is 24.3 Å². The van der Waals surface area contributed by atoms with Crippen molar-refractivity contribution in [1.82, 2.24) is 5.32 Å². The van der Waals surface area contributed by atoms with Crippen LogP contribution >= 0.6 is 12.4 Å². The molecule has 1 unspecified atom stereocenters. The maximum atomic E-state index is 12.0. The van der Waals surface area contributed by atoms with Crippen LogP contribution in [-0.2, 0) is 20.7 Å². The summed E-state index contributed by atoms with van der Waals surface area (Å²) in [6, 6.07) is 9.71. The van der Waals surface area contributed by atoms with E-state index in [1.54, 1.807) is 6.92 Å². The number of nitrogens with one attached hydrogen (secondary N) is 1. The van der Waals surface area contributed by atoms with Crippen LogP contribution in [0.25, 0.3) is 0 Å². The van der Waals surface area contributed by atoms with Gasteiger partial charge in [-0.25, -0.2) is 0 Å². The average molecular weight is 329 g/mol. The molecule has 0 spiro atoms. The van der Waals surface area contributed by atoms with Crippen LogP contribution in [0, 0.1) is 5.92 Å². The highest BCUT2D eigenvalue weighted by atomic mass is 35.5. The van der Waals surface area contributed by atoms with Gasteiger partial charge < -0.3 is 15.8 Å². The van der Waals surface area contributed by atoms with E-state index in [0.717, 1.165) is 5.56 Å². The summed E-state index contributed by atoms with van der Waals surface area (Å²) in [4.78, 5) is 23.6. The molecule has 0 saturated heterocycles. The summed E-state index contributed by atoms with van der Waals surface area (Å²) >= 11 is 0. The molecule has 0 fully saturated rings. The van der Waals surface area contributed by atoms with Crippen LogP contribution in [0.5, 0.6) is 0 Å². The maximum absolute atomic E-state index is 12.0. The largest absolute Gasteiger partial charge is 0.466 e. The van der Waals surface area contributed by atoms with E-state index < -0.39 is 0 Å². The maximum Gasteiger partial charge on any atom is 0.311 e. The third-order valence-corrected chi connectivity index (χ3v) is 3.10. The summed E-state index contributed by atoms with van der Waals surface area (Å²) in [5.74, 6) is -0.725. The number of hydrogen-bond donors (Lipinski definition) is 2. The van der Waals surface area contributed by atoms with Crippen LogP contribution in [0.1, 0.15) is 25.3 Å². The highest BCUT2D eigenvalue weighted by Crippen LogP contribution is 2.10. The summed E-state index contributed by atoms with van der Waals surface area (Å²) in [5, 5.41) is 2.78. The molecule has 0 heterocycles. The zero-order chi connectivity index (χ0) is 15.5. The second-order valence-electron chi connectivity index (χ2n) is 4.84. The van der Waals surface area contributed by atoms with Crippen LogP contribution in [0.3, 0.4) is 0 Å². The predicted octanol–water partition coefficient (Wildman–Crippen LogP) is 1.69. The summed E-state index contributed by atoms with van der Waals surface area (Å²) in [7, 11) is 0. The first kappa shape index (κ1) is 20.4. The molecule has 0 aliphatic carbocycles. The normalized spacial score (nSPS) is 11.2. The molecule has 0 aliphatic rings. The zero-order valence-electron chi connectivity index (χ0n) is 12.9. The summed E-state index contributed by atoms with van der Waals surface area (Å²) in [5.41, 5.74) is 6.42. The molecule has 1 atom stereocenters. The van der Waals surface area contributed by atoms with Crippen molar-refractivity contribution < 1.29 is 14.3 Å².